The van der Waals surface area contributed by atoms with Crippen LogP contribution in [0.3, 0.4) is 0 Å². The summed E-state index contributed by atoms with van der Waals surface area (Å²) in [7, 11) is 0. The number of amides is 1. The van der Waals surface area contributed by atoms with Gasteiger partial charge in [-0.1, -0.05) is 78.9 Å². The normalized spacial score (nSPS) is 23.5. The Labute approximate surface area is 204 Å². The van der Waals surface area contributed by atoms with Crippen molar-refractivity contribution in [3.05, 3.63) is 102 Å². The van der Waals surface area contributed by atoms with Gasteiger partial charge in [-0.25, -0.2) is 5.06 Å². The van der Waals surface area contributed by atoms with E-state index in [0.717, 1.165) is 5.69 Å². The molecule has 0 radical (unpaired) electrons. The van der Waals surface area contributed by atoms with Crippen LogP contribution in [0.15, 0.2) is 91.0 Å². The number of carbonyl (C=O) groups is 2. The number of anilines is 1. The average molecular weight is 471 g/mol. The summed E-state index contributed by atoms with van der Waals surface area (Å²) in [5, 5.41) is 1.69. The van der Waals surface area contributed by atoms with Gasteiger partial charge in [0, 0.05) is 29.5 Å². The first-order valence-electron chi connectivity index (χ1n) is 11.4. The molecule has 0 unspecified atom stereocenters. The fourth-order valence-corrected chi connectivity index (χ4v) is 5.65. The Morgan fingerprint density at radius 2 is 1.38 bits per heavy atom. The molecule has 5 rings (SSSR count). The molecule has 2 atom stereocenters. The summed E-state index contributed by atoms with van der Waals surface area (Å²) in [6.45, 7) is 3.99. The minimum Gasteiger partial charge on any atom is -0.294 e. The van der Waals surface area contributed by atoms with E-state index in [2.05, 4.69) is 0 Å². The second kappa shape index (κ2) is 8.46. The number of hydrogen-bond donors (Lipinski definition) is 0. The highest BCUT2D eigenvalue weighted by atomic mass is 32.1. The third kappa shape index (κ3) is 3.73. The first-order valence-corrected chi connectivity index (χ1v) is 11.8. The molecule has 172 valence electrons. The molecule has 0 aromatic heterocycles. The van der Waals surface area contributed by atoms with E-state index in [4.69, 9.17) is 17.1 Å². The highest BCUT2D eigenvalue weighted by molar-refractivity contribution is 7.80. The number of ketones is 1. The molecule has 0 bridgehead atoms. The molecule has 0 aliphatic carbocycles. The number of carbonyl (C=O) groups excluding carboxylic acids is 2. The third-order valence-electron chi connectivity index (χ3n) is 6.59. The SMILES string of the molecule is CC1(C)C[C@@]2(C[C@H](C(=O)c3ccccc3)N(c3ccccc3)O2)C(=S)N1C(=O)c1ccccc1. The van der Waals surface area contributed by atoms with Gasteiger partial charge in [-0.15, -0.1) is 0 Å². The zero-order valence-electron chi connectivity index (χ0n) is 19.2. The van der Waals surface area contributed by atoms with Crippen molar-refractivity contribution >= 4 is 34.6 Å². The van der Waals surface area contributed by atoms with Crippen LogP contribution in [0.25, 0.3) is 0 Å². The maximum atomic E-state index is 13.6. The van der Waals surface area contributed by atoms with Crippen molar-refractivity contribution in [2.45, 2.75) is 43.9 Å². The molecule has 2 heterocycles. The Balaban J connectivity index is 1.53. The lowest BCUT2D eigenvalue weighted by molar-refractivity contribution is 0.0335. The molecule has 0 saturated carbocycles. The number of nitrogens with zero attached hydrogens (tertiary/aromatic N) is 2. The number of para-hydroxylation sites is 1. The van der Waals surface area contributed by atoms with Crippen molar-refractivity contribution in [3.8, 4) is 0 Å². The molecule has 2 aliphatic rings. The van der Waals surface area contributed by atoms with Gasteiger partial charge < -0.3 is 0 Å². The van der Waals surface area contributed by atoms with Crippen LogP contribution in [0.2, 0.25) is 0 Å². The lowest BCUT2D eigenvalue weighted by atomic mass is 9.86. The fourth-order valence-electron chi connectivity index (χ4n) is 5.13. The summed E-state index contributed by atoms with van der Waals surface area (Å²) in [6, 6.07) is 27.4. The highest BCUT2D eigenvalue weighted by Crippen LogP contribution is 2.49. The zero-order chi connectivity index (χ0) is 23.9. The summed E-state index contributed by atoms with van der Waals surface area (Å²) in [5.41, 5.74) is 0.465. The Kier molecular flexibility index (Phi) is 5.58. The predicted octanol–water partition coefficient (Wildman–Crippen LogP) is 5.47. The van der Waals surface area contributed by atoms with E-state index in [1.54, 1.807) is 22.1 Å². The van der Waals surface area contributed by atoms with Crippen LogP contribution in [-0.4, -0.2) is 38.8 Å². The quantitative estimate of drug-likeness (QED) is 0.374. The Bertz CT molecular complexity index is 1230. The lowest BCUT2D eigenvalue weighted by Crippen LogP contribution is -2.46. The van der Waals surface area contributed by atoms with Crippen molar-refractivity contribution in [1.82, 2.24) is 4.90 Å². The van der Waals surface area contributed by atoms with Crippen LogP contribution in [0.5, 0.6) is 0 Å². The second-order valence-corrected chi connectivity index (χ2v) is 9.88. The van der Waals surface area contributed by atoms with Gasteiger partial charge in [-0.3, -0.25) is 19.3 Å². The van der Waals surface area contributed by atoms with Gasteiger partial charge >= 0.3 is 0 Å². The van der Waals surface area contributed by atoms with Gasteiger partial charge in [0.25, 0.3) is 5.91 Å². The Hall–Kier alpha value is -3.35. The maximum absolute atomic E-state index is 13.6. The topological polar surface area (TPSA) is 49.9 Å². The minimum atomic E-state index is -0.936. The number of hydroxylamine groups is 1. The van der Waals surface area contributed by atoms with E-state index in [0.29, 0.717) is 29.0 Å². The van der Waals surface area contributed by atoms with Crippen molar-refractivity contribution in [2.24, 2.45) is 0 Å². The molecule has 0 N–H and O–H groups in total. The number of thiocarbonyl (C=S) groups is 1. The van der Waals surface area contributed by atoms with Gasteiger partial charge in [0.1, 0.15) is 11.0 Å². The number of Topliss-reactive ketones (excluding diaryl/α,β-unsaturated/α-hetero) is 1. The third-order valence-corrected chi connectivity index (χ3v) is 7.15. The summed E-state index contributed by atoms with van der Waals surface area (Å²) in [5.74, 6) is -0.185. The number of rotatable bonds is 4. The number of benzene rings is 3. The van der Waals surface area contributed by atoms with Gasteiger partial charge in [0.15, 0.2) is 11.4 Å². The van der Waals surface area contributed by atoms with Crippen LogP contribution >= 0.6 is 12.2 Å². The largest absolute Gasteiger partial charge is 0.294 e. The van der Waals surface area contributed by atoms with Gasteiger partial charge in [0.05, 0.1) is 5.69 Å². The molecular formula is C28H26N2O3S. The number of likely N-dealkylation sites (tertiary alicyclic amines) is 1. The first-order chi connectivity index (χ1) is 16.3. The van der Waals surface area contributed by atoms with Gasteiger partial charge in [-0.2, -0.15) is 0 Å². The molecule has 34 heavy (non-hydrogen) atoms. The van der Waals surface area contributed by atoms with E-state index in [-0.39, 0.29) is 11.7 Å². The van der Waals surface area contributed by atoms with E-state index < -0.39 is 17.2 Å². The molecule has 2 fully saturated rings. The van der Waals surface area contributed by atoms with Gasteiger partial charge in [-0.05, 0) is 38.1 Å². The summed E-state index contributed by atoms with van der Waals surface area (Å²) in [6.07, 6.45) is 0.871. The van der Waals surface area contributed by atoms with E-state index >= 15 is 0 Å². The van der Waals surface area contributed by atoms with Crippen LogP contribution in [0.4, 0.5) is 5.69 Å². The minimum absolute atomic E-state index is 0.0326. The molecule has 6 heteroatoms. The summed E-state index contributed by atoms with van der Waals surface area (Å²) >= 11 is 5.94. The summed E-state index contributed by atoms with van der Waals surface area (Å²) < 4.78 is 0. The molecule has 3 aromatic carbocycles. The second-order valence-electron chi connectivity index (χ2n) is 9.50. The standard InChI is InChI=1S/C28H26N2O3S/c1-27(2)19-28(26(34)29(27)25(32)21-14-8-4-9-15-21)18-23(24(31)20-12-6-3-7-13-20)30(33-28)22-16-10-5-11-17-22/h3-17,23H,18-19H2,1-2H3/t23-,28+/m1/s1. The van der Waals surface area contributed by atoms with Crippen molar-refractivity contribution < 1.29 is 14.4 Å². The molecule has 2 aliphatic heterocycles. The smallest absolute Gasteiger partial charge is 0.259 e. The first kappa shape index (κ1) is 22.4. The monoisotopic (exact) mass is 470 g/mol. The Morgan fingerprint density at radius 3 is 1.97 bits per heavy atom. The van der Waals surface area contributed by atoms with Crippen LogP contribution < -0.4 is 5.06 Å². The highest BCUT2D eigenvalue weighted by Gasteiger charge is 2.62. The Morgan fingerprint density at radius 1 is 0.853 bits per heavy atom. The summed E-state index contributed by atoms with van der Waals surface area (Å²) in [4.78, 5) is 35.8. The average Bonchev–Trinajstić information content (AvgIpc) is 3.33. The van der Waals surface area contributed by atoms with Crippen LogP contribution in [0, 0.1) is 0 Å². The van der Waals surface area contributed by atoms with E-state index in [1.807, 2.05) is 92.7 Å². The molecule has 3 aromatic rings. The molecular weight excluding hydrogens is 444 g/mol. The lowest BCUT2D eigenvalue weighted by Gasteiger charge is -2.30. The van der Waals surface area contributed by atoms with Gasteiger partial charge in [0.2, 0.25) is 0 Å². The molecule has 1 spiro atoms. The van der Waals surface area contributed by atoms with Crippen molar-refractivity contribution in [3.63, 3.8) is 0 Å². The zero-order valence-corrected chi connectivity index (χ0v) is 20.0. The van der Waals surface area contributed by atoms with Crippen LogP contribution in [0.1, 0.15) is 47.4 Å². The maximum Gasteiger partial charge on any atom is 0.259 e. The predicted molar refractivity (Wildman–Crippen MR) is 136 cm³/mol. The van der Waals surface area contributed by atoms with Crippen molar-refractivity contribution in [1.29, 1.82) is 0 Å². The molecule has 1 amide bonds. The molecule has 2 saturated heterocycles. The van der Waals surface area contributed by atoms with E-state index in [1.165, 1.54) is 0 Å². The fraction of sp³-hybridized carbons (Fsp3) is 0.250. The number of hydrogen-bond acceptors (Lipinski definition) is 5. The molecule has 5 nitrogen and oxygen atoms in total. The van der Waals surface area contributed by atoms with Crippen LogP contribution in [-0.2, 0) is 4.84 Å². The van der Waals surface area contributed by atoms with E-state index in [9.17, 15) is 9.59 Å². The van der Waals surface area contributed by atoms with Crippen molar-refractivity contribution in [2.75, 3.05) is 5.06 Å².